The van der Waals surface area contributed by atoms with Crippen LogP contribution in [0.25, 0.3) is 16.1 Å². The summed E-state index contributed by atoms with van der Waals surface area (Å²) in [5.41, 5.74) is 5.30. The van der Waals surface area contributed by atoms with E-state index in [1.54, 1.807) is 11.3 Å². The molecular formula is C19H25NS. The molecule has 0 aliphatic carbocycles. The van der Waals surface area contributed by atoms with Gasteiger partial charge in [-0.3, -0.25) is 0 Å². The summed E-state index contributed by atoms with van der Waals surface area (Å²) in [6, 6.07) is 6.77. The van der Waals surface area contributed by atoms with Crippen LogP contribution in [-0.4, -0.2) is 4.98 Å². The van der Waals surface area contributed by atoms with Crippen molar-refractivity contribution in [3.05, 3.63) is 47.0 Å². The number of hydrogen-bond acceptors (Lipinski definition) is 2. The first-order chi connectivity index (χ1) is 9.74. The maximum atomic E-state index is 4.53. The van der Waals surface area contributed by atoms with Crippen molar-refractivity contribution in [2.45, 2.75) is 47.5 Å². The van der Waals surface area contributed by atoms with Gasteiger partial charge in [-0.2, -0.15) is 0 Å². The van der Waals surface area contributed by atoms with Gasteiger partial charge in [-0.15, -0.1) is 11.3 Å². The number of aromatic nitrogens is 1. The van der Waals surface area contributed by atoms with Crippen LogP contribution in [0.15, 0.2) is 31.0 Å². The molecule has 2 aromatic rings. The number of nitrogens with zero attached hydrogens (tertiary/aromatic N) is 1. The number of thiazole rings is 1. The van der Waals surface area contributed by atoms with Crippen molar-refractivity contribution in [1.82, 2.24) is 4.98 Å². The first kappa shape index (κ1) is 16.0. The van der Waals surface area contributed by atoms with Crippen LogP contribution < -0.4 is 0 Å². The zero-order valence-corrected chi connectivity index (χ0v) is 14.6. The van der Waals surface area contributed by atoms with E-state index in [0.29, 0.717) is 5.41 Å². The van der Waals surface area contributed by atoms with Crippen molar-refractivity contribution in [2.24, 2.45) is 5.41 Å². The van der Waals surface area contributed by atoms with Crippen molar-refractivity contribution in [3.63, 3.8) is 0 Å². The molecule has 1 heterocycles. The Morgan fingerprint density at radius 2 is 1.95 bits per heavy atom. The van der Waals surface area contributed by atoms with E-state index in [2.05, 4.69) is 64.4 Å². The van der Waals surface area contributed by atoms with Gasteiger partial charge in [-0.05, 0) is 55.4 Å². The largest absolute Gasteiger partial charge is 0.244 e. The van der Waals surface area contributed by atoms with E-state index in [1.165, 1.54) is 28.0 Å². The summed E-state index contributed by atoms with van der Waals surface area (Å²) in [7, 11) is 0. The molecule has 0 atom stereocenters. The summed E-state index contributed by atoms with van der Waals surface area (Å²) < 4.78 is 0. The Balaban J connectivity index is 2.37. The number of aryl methyl sites for hydroxylation is 2. The Labute approximate surface area is 132 Å². The Morgan fingerprint density at radius 1 is 1.24 bits per heavy atom. The molecule has 0 unspecified atom stereocenters. The van der Waals surface area contributed by atoms with Gasteiger partial charge in [0.25, 0.3) is 0 Å². The molecule has 0 spiro atoms. The second-order valence-electron chi connectivity index (χ2n) is 7.04. The smallest absolute Gasteiger partial charge is 0.123 e. The average molecular weight is 299 g/mol. The molecule has 1 nitrogen and oxygen atoms in total. The van der Waals surface area contributed by atoms with E-state index in [-0.39, 0.29) is 0 Å². The predicted octanol–water partition coefficient (Wildman–Crippen LogP) is 6.13. The lowest BCUT2D eigenvalue weighted by Gasteiger charge is -2.18. The summed E-state index contributed by atoms with van der Waals surface area (Å²) in [6.07, 6.45) is 4.23. The summed E-state index contributed by atoms with van der Waals surface area (Å²) in [5, 5.41) is 1.10. The molecule has 1 aromatic carbocycles. The monoisotopic (exact) mass is 299 g/mol. The van der Waals surface area contributed by atoms with Crippen LogP contribution in [0.4, 0.5) is 0 Å². The molecule has 2 heteroatoms. The number of allylic oxidation sites excluding steroid dienone is 1. The molecule has 0 saturated carbocycles. The number of hydrogen-bond donors (Lipinski definition) is 0. The minimum atomic E-state index is 0.358. The standard InChI is InChI=1S/C19H25NS/c1-13(2)16-9-15(7-8-19(4,5)6)10-17(11-16)18-20-12-14(3)21-18/h9-12H,1,7-8H2,2-6H3. The Hall–Kier alpha value is -1.41. The van der Waals surface area contributed by atoms with Crippen molar-refractivity contribution in [1.29, 1.82) is 0 Å². The fraction of sp³-hybridized carbons (Fsp3) is 0.421. The minimum Gasteiger partial charge on any atom is -0.244 e. The summed E-state index contributed by atoms with van der Waals surface area (Å²) in [6.45, 7) is 15.1. The fourth-order valence-electron chi connectivity index (χ4n) is 2.21. The van der Waals surface area contributed by atoms with Crippen LogP contribution >= 0.6 is 11.3 Å². The van der Waals surface area contributed by atoms with Gasteiger partial charge in [0, 0.05) is 16.6 Å². The van der Waals surface area contributed by atoms with Gasteiger partial charge in [-0.1, -0.05) is 39.0 Å². The number of rotatable bonds is 4. The van der Waals surface area contributed by atoms with E-state index < -0.39 is 0 Å². The summed E-state index contributed by atoms with van der Waals surface area (Å²) in [4.78, 5) is 5.78. The number of benzene rings is 1. The maximum Gasteiger partial charge on any atom is 0.123 e. The third-order valence-electron chi connectivity index (χ3n) is 3.52. The highest BCUT2D eigenvalue weighted by molar-refractivity contribution is 7.14. The molecule has 0 bridgehead atoms. The van der Waals surface area contributed by atoms with Gasteiger partial charge in [0.2, 0.25) is 0 Å². The highest BCUT2D eigenvalue weighted by atomic mass is 32.1. The van der Waals surface area contributed by atoms with Crippen molar-refractivity contribution < 1.29 is 0 Å². The Bertz CT molecular complexity index is 644. The van der Waals surface area contributed by atoms with E-state index in [4.69, 9.17) is 0 Å². The third kappa shape index (κ3) is 4.53. The lowest BCUT2D eigenvalue weighted by Crippen LogP contribution is -2.06. The molecule has 0 aliphatic rings. The first-order valence-corrected chi connectivity index (χ1v) is 8.29. The first-order valence-electron chi connectivity index (χ1n) is 7.47. The zero-order valence-electron chi connectivity index (χ0n) is 13.8. The average Bonchev–Trinajstić information content (AvgIpc) is 2.82. The van der Waals surface area contributed by atoms with E-state index in [9.17, 15) is 0 Å². The zero-order chi connectivity index (χ0) is 15.6. The van der Waals surface area contributed by atoms with Crippen molar-refractivity contribution in [3.8, 4) is 10.6 Å². The van der Waals surface area contributed by atoms with Gasteiger partial charge in [0.05, 0.1) is 0 Å². The molecule has 1 aromatic heterocycles. The van der Waals surface area contributed by atoms with Gasteiger partial charge < -0.3 is 0 Å². The molecule has 0 radical (unpaired) electrons. The van der Waals surface area contributed by atoms with Gasteiger partial charge >= 0.3 is 0 Å². The van der Waals surface area contributed by atoms with Crippen LogP contribution in [0.2, 0.25) is 0 Å². The normalized spacial score (nSPS) is 11.7. The predicted molar refractivity (Wildman–Crippen MR) is 94.8 cm³/mol. The van der Waals surface area contributed by atoms with Crippen LogP contribution in [-0.2, 0) is 6.42 Å². The second-order valence-corrected chi connectivity index (χ2v) is 8.27. The van der Waals surface area contributed by atoms with Crippen molar-refractivity contribution >= 4 is 16.9 Å². The van der Waals surface area contributed by atoms with E-state index in [1.807, 2.05) is 6.20 Å². The van der Waals surface area contributed by atoms with E-state index in [0.717, 1.165) is 17.0 Å². The van der Waals surface area contributed by atoms with Crippen LogP contribution in [0.1, 0.15) is 50.1 Å². The van der Waals surface area contributed by atoms with Crippen LogP contribution in [0.3, 0.4) is 0 Å². The molecule has 0 saturated heterocycles. The fourth-order valence-corrected chi connectivity index (χ4v) is 2.97. The van der Waals surface area contributed by atoms with Gasteiger partial charge in [0.1, 0.15) is 5.01 Å². The Kier molecular flexibility index (Phi) is 4.67. The molecule has 21 heavy (non-hydrogen) atoms. The second kappa shape index (κ2) is 6.15. The lowest BCUT2D eigenvalue weighted by atomic mass is 9.88. The quantitative estimate of drug-likeness (QED) is 0.661. The van der Waals surface area contributed by atoms with E-state index >= 15 is 0 Å². The Morgan fingerprint density at radius 3 is 2.48 bits per heavy atom. The maximum absolute atomic E-state index is 4.53. The minimum absolute atomic E-state index is 0.358. The topological polar surface area (TPSA) is 12.9 Å². The third-order valence-corrected chi connectivity index (χ3v) is 4.48. The SMILES string of the molecule is C=C(C)c1cc(CCC(C)(C)C)cc(-c2ncc(C)s2)c1. The van der Waals surface area contributed by atoms with Gasteiger partial charge in [-0.25, -0.2) is 4.98 Å². The van der Waals surface area contributed by atoms with Crippen LogP contribution in [0, 0.1) is 12.3 Å². The lowest BCUT2D eigenvalue weighted by molar-refractivity contribution is 0.378. The molecule has 112 valence electrons. The summed E-state index contributed by atoms with van der Waals surface area (Å²) >= 11 is 1.75. The molecule has 0 amide bonds. The molecule has 2 rings (SSSR count). The highest BCUT2D eigenvalue weighted by Crippen LogP contribution is 2.30. The van der Waals surface area contributed by atoms with Gasteiger partial charge in [0.15, 0.2) is 0 Å². The van der Waals surface area contributed by atoms with Crippen LogP contribution in [0.5, 0.6) is 0 Å². The molecule has 0 N–H and O–H groups in total. The van der Waals surface area contributed by atoms with Crippen molar-refractivity contribution in [2.75, 3.05) is 0 Å². The molecule has 0 fully saturated rings. The highest BCUT2D eigenvalue weighted by Gasteiger charge is 2.12. The molecule has 0 aliphatic heterocycles. The molecular weight excluding hydrogens is 274 g/mol. The summed E-state index contributed by atoms with van der Waals surface area (Å²) in [5.74, 6) is 0.